The van der Waals surface area contributed by atoms with Gasteiger partial charge in [0.05, 0.1) is 27.3 Å². The number of anilines is 1. The molecule has 0 radical (unpaired) electrons. The van der Waals surface area contributed by atoms with Crippen LogP contribution in [0.15, 0.2) is 23.1 Å². The fourth-order valence-electron chi connectivity index (χ4n) is 2.83. The second kappa shape index (κ2) is 4.05. The lowest BCUT2D eigenvalue weighted by Gasteiger charge is -2.38. The molecule has 1 saturated carbocycles. The molecule has 0 saturated heterocycles. The van der Waals surface area contributed by atoms with Gasteiger partial charge in [-0.1, -0.05) is 12.5 Å². The smallest absolute Gasteiger partial charge is 0.337 e. The Hall–Kier alpha value is -1.89. The van der Waals surface area contributed by atoms with Gasteiger partial charge in [-0.25, -0.2) is 13.2 Å². The summed E-state index contributed by atoms with van der Waals surface area (Å²) in [5, 5.41) is 11.7. The van der Waals surface area contributed by atoms with Crippen LogP contribution in [0.1, 0.15) is 29.6 Å². The summed E-state index contributed by atoms with van der Waals surface area (Å²) < 4.78 is 24.9. The van der Waals surface area contributed by atoms with Gasteiger partial charge in [-0.2, -0.15) is 0 Å². The van der Waals surface area contributed by atoms with Crippen molar-refractivity contribution in [2.45, 2.75) is 24.2 Å². The minimum Gasteiger partial charge on any atom is -0.478 e. The minimum atomic E-state index is -3.68. The highest BCUT2D eigenvalue weighted by Gasteiger charge is 2.50. The van der Waals surface area contributed by atoms with E-state index >= 15 is 0 Å². The van der Waals surface area contributed by atoms with E-state index in [2.05, 4.69) is 5.32 Å². The van der Waals surface area contributed by atoms with E-state index in [4.69, 9.17) is 5.11 Å². The number of carboxylic acid groups (broad SMARTS) is 1. The lowest BCUT2D eigenvalue weighted by atomic mass is 9.69. The van der Waals surface area contributed by atoms with Crippen LogP contribution in [0.5, 0.6) is 0 Å². The van der Waals surface area contributed by atoms with Crippen LogP contribution in [0.2, 0.25) is 0 Å². The molecule has 1 aliphatic heterocycles. The summed E-state index contributed by atoms with van der Waals surface area (Å²) in [6, 6.07) is 4.01. The SMILES string of the molecule is O=C(O)c1cccc2c1NC(=O)C1(CCC1)CS2(=O)=O. The van der Waals surface area contributed by atoms with Gasteiger partial charge < -0.3 is 10.4 Å². The van der Waals surface area contributed by atoms with Crippen LogP contribution in [-0.2, 0) is 14.6 Å². The van der Waals surface area contributed by atoms with Crippen molar-refractivity contribution in [2.24, 2.45) is 5.41 Å². The number of hydrogen-bond donors (Lipinski definition) is 2. The quantitative estimate of drug-likeness (QED) is 0.813. The number of hydrogen-bond acceptors (Lipinski definition) is 4. The van der Waals surface area contributed by atoms with E-state index in [-0.39, 0.29) is 27.8 Å². The van der Waals surface area contributed by atoms with Crippen LogP contribution in [0.4, 0.5) is 5.69 Å². The van der Waals surface area contributed by atoms with Gasteiger partial charge in [0.25, 0.3) is 0 Å². The van der Waals surface area contributed by atoms with Crippen molar-refractivity contribution in [1.29, 1.82) is 0 Å². The van der Waals surface area contributed by atoms with Crippen molar-refractivity contribution < 1.29 is 23.1 Å². The van der Waals surface area contributed by atoms with E-state index in [0.717, 1.165) is 6.42 Å². The number of fused-ring (bicyclic) bond motifs is 1. The molecule has 1 fully saturated rings. The van der Waals surface area contributed by atoms with Gasteiger partial charge in [-0.3, -0.25) is 4.79 Å². The zero-order valence-electron chi connectivity index (χ0n) is 10.5. The Morgan fingerprint density at radius 2 is 2.00 bits per heavy atom. The van der Waals surface area contributed by atoms with Crippen molar-refractivity contribution >= 4 is 27.4 Å². The van der Waals surface area contributed by atoms with Crippen LogP contribution < -0.4 is 5.32 Å². The summed E-state index contributed by atoms with van der Waals surface area (Å²) in [4.78, 5) is 23.4. The molecule has 20 heavy (non-hydrogen) atoms. The number of benzene rings is 1. The number of amides is 1. The topological polar surface area (TPSA) is 101 Å². The summed E-state index contributed by atoms with van der Waals surface area (Å²) in [5.74, 6) is -1.90. The Balaban J connectivity index is 2.23. The number of carboxylic acids is 1. The van der Waals surface area contributed by atoms with Crippen molar-refractivity contribution in [1.82, 2.24) is 0 Å². The molecule has 0 atom stereocenters. The Morgan fingerprint density at radius 1 is 1.30 bits per heavy atom. The van der Waals surface area contributed by atoms with Crippen molar-refractivity contribution in [3.63, 3.8) is 0 Å². The van der Waals surface area contributed by atoms with Crippen molar-refractivity contribution in [2.75, 3.05) is 11.1 Å². The largest absolute Gasteiger partial charge is 0.478 e. The highest BCUT2D eigenvalue weighted by atomic mass is 32.2. The van der Waals surface area contributed by atoms with E-state index in [1.54, 1.807) is 0 Å². The average Bonchev–Trinajstić information content (AvgIpc) is 2.41. The lowest BCUT2D eigenvalue weighted by molar-refractivity contribution is -0.128. The second-order valence-electron chi connectivity index (χ2n) is 5.33. The number of sulfone groups is 1. The number of carbonyl (C=O) groups excluding carboxylic acids is 1. The Bertz CT molecular complexity index is 718. The summed E-state index contributed by atoms with van der Waals surface area (Å²) in [6.45, 7) is 0. The standard InChI is InChI=1S/C13H13NO5S/c15-11(16)8-3-1-4-9-10(8)14-12(17)13(5-2-6-13)7-20(9,18)19/h1,3-4H,2,5-7H2,(H,14,17)(H,15,16). The first-order chi connectivity index (χ1) is 9.36. The first-order valence-electron chi connectivity index (χ1n) is 6.26. The van der Waals surface area contributed by atoms with Crippen molar-refractivity contribution in [3.8, 4) is 0 Å². The average molecular weight is 295 g/mol. The summed E-state index contributed by atoms with van der Waals surface area (Å²) in [7, 11) is -3.68. The third kappa shape index (κ3) is 1.73. The lowest BCUT2D eigenvalue weighted by Crippen LogP contribution is -2.45. The maximum Gasteiger partial charge on any atom is 0.337 e. The third-order valence-electron chi connectivity index (χ3n) is 4.09. The monoisotopic (exact) mass is 295 g/mol. The zero-order chi connectivity index (χ0) is 14.5. The first kappa shape index (κ1) is 13.1. The second-order valence-corrected chi connectivity index (χ2v) is 7.29. The molecule has 1 aromatic rings. The predicted octanol–water partition coefficient (Wildman–Crippen LogP) is 1.28. The zero-order valence-corrected chi connectivity index (χ0v) is 11.4. The van der Waals surface area contributed by atoms with E-state index in [1.165, 1.54) is 18.2 Å². The van der Waals surface area contributed by atoms with E-state index < -0.39 is 21.2 Å². The molecule has 1 spiro atoms. The molecule has 0 aromatic heterocycles. The molecule has 106 valence electrons. The van der Waals surface area contributed by atoms with Crippen LogP contribution in [-0.4, -0.2) is 31.2 Å². The van der Waals surface area contributed by atoms with Gasteiger partial charge in [0.15, 0.2) is 9.84 Å². The molecule has 0 unspecified atom stereocenters. The molecule has 6 nitrogen and oxygen atoms in total. The van der Waals surface area contributed by atoms with Crippen LogP contribution in [0, 0.1) is 5.41 Å². The molecule has 1 aliphatic carbocycles. The van der Waals surface area contributed by atoms with Crippen molar-refractivity contribution in [3.05, 3.63) is 23.8 Å². The summed E-state index contributed by atoms with van der Waals surface area (Å²) >= 11 is 0. The van der Waals surface area contributed by atoms with Gasteiger partial charge in [0, 0.05) is 0 Å². The number of para-hydroxylation sites is 1. The molecule has 2 aliphatic rings. The number of aromatic carboxylic acids is 1. The predicted molar refractivity (Wildman–Crippen MR) is 70.4 cm³/mol. The number of rotatable bonds is 1. The first-order valence-corrected chi connectivity index (χ1v) is 7.91. The molecule has 3 rings (SSSR count). The van der Waals surface area contributed by atoms with Gasteiger partial charge in [-0.05, 0) is 25.0 Å². The van der Waals surface area contributed by atoms with Crippen LogP contribution in [0.25, 0.3) is 0 Å². The van der Waals surface area contributed by atoms with Crippen LogP contribution >= 0.6 is 0 Å². The van der Waals surface area contributed by atoms with E-state index in [9.17, 15) is 18.0 Å². The number of nitrogens with one attached hydrogen (secondary N) is 1. The fraction of sp³-hybridized carbons (Fsp3) is 0.385. The van der Waals surface area contributed by atoms with Gasteiger partial charge in [-0.15, -0.1) is 0 Å². The van der Waals surface area contributed by atoms with Gasteiger partial charge in [0.1, 0.15) is 0 Å². The Labute approximate surface area is 115 Å². The third-order valence-corrected chi connectivity index (χ3v) is 6.03. The summed E-state index contributed by atoms with van der Waals surface area (Å²) in [5.41, 5.74) is -1.20. The molecule has 1 aromatic carbocycles. The molecule has 1 heterocycles. The van der Waals surface area contributed by atoms with Gasteiger partial charge >= 0.3 is 5.97 Å². The molecule has 2 N–H and O–H groups in total. The molecular formula is C13H13NO5S. The van der Waals surface area contributed by atoms with Gasteiger partial charge in [0.2, 0.25) is 5.91 Å². The van der Waals surface area contributed by atoms with Crippen LogP contribution in [0.3, 0.4) is 0 Å². The van der Waals surface area contributed by atoms with E-state index in [1.807, 2.05) is 0 Å². The highest BCUT2D eigenvalue weighted by molar-refractivity contribution is 7.91. The molecule has 1 amide bonds. The molecular weight excluding hydrogens is 282 g/mol. The minimum absolute atomic E-state index is 0.102. The summed E-state index contributed by atoms with van der Waals surface area (Å²) in [6.07, 6.45) is 1.86. The maximum absolute atomic E-state index is 12.4. The Morgan fingerprint density at radius 3 is 2.55 bits per heavy atom. The highest BCUT2D eigenvalue weighted by Crippen LogP contribution is 2.47. The molecule has 7 heteroatoms. The Kier molecular flexibility index (Phi) is 2.66. The molecule has 0 bridgehead atoms. The normalized spacial score (nSPS) is 22.3. The fourth-order valence-corrected chi connectivity index (χ4v) is 4.89. The van der Waals surface area contributed by atoms with E-state index in [0.29, 0.717) is 12.8 Å². The maximum atomic E-state index is 12.4. The number of carbonyl (C=O) groups is 2.